The average molecular weight is 829 g/mol. The lowest BCUT2D eigenvalue weighted by Crippen LogP contribution is -2.73. The lowest BCUT2D eigenvalue weighted by atomic mass is 9.32. The van der Waals surface area contributed by atoms with Gasteiger partial charge >= 0.3 is 5.97 Å². The van der Waals surface area contributed by atoms with Crippen LogP contribution < -0.4 is 0 Å². The van der Waals surface area contributed by atoms with E-state index in [1.54, 1.807) is 6.92 Å². The Balaban J connectivity index is 1.23. The number of carbonyl (C=O) groups is 1. The number of aliphatic hydroxyl groups excluding tert-OH is 11. The Morgan fingerprint density at radius 2 is 1.40 bits per heavy atom. The fourth-order valence-corrected chi connectivity index (χ4v) is 13.9. The number of hydrogen-bond donors (Lipinski definition) is 11. The number of esters is 1. The molecule has 11 N–H and O–H groups in total. The molecular formula is C42H68O16. The molecule has 2 aliphatic heterocycles. The van der Waals surface area contributed by atoms with Gasteiger partial charge in [0.25, 0.3) is 0 Å². The first-order valence-electron chi connectivity index (χ1n) is 21.1. The van der Waals surface area contributed by atoms with Gasteiger partial charge in [-0.3, -0.25) is 4.79 Å². The smallest absolute Gasteiger partial charge is 0.317 e. The summed E-state index contributed by atoms with van der Waals surface area (Å²) in [7, 11) is 0. The minimum Gasteiger partial charge on any atom is -0.432 e. The Kier molecular flexibility index (Phi) is 11.5. The molecule has 0 amide bonds. The van der Waals surface area contributed by atoms with Gasteiger partial charge in [-0.25, -0.2) is 0 Å². The topological polar surface area (TPSA) is 277 Å². The van der Waals surface area contributed by atoms with Gasteiger partial charge in [0.15, 0.2) is 6.29 Å². The van der Waals surface area contributed by atoms with Gasteiger partial charge in [-0.05, 0) is 85.4 Å². The Morgan fingerprint density at radius 3 is 2.03 bits per heavy atom. The van der Waals surface area contributed by atoms with E-state index in [4.69, 9.17) is 18.9 Å². The van der Waals surface area contributed by atoms with E-state index < -0.39 is 144 Å². The van der Waals surface area contributed by atoms with Gasteiger partial charge in [0.05, 0.1) is 43.7 Å². The summed E-state index contributed by atoms with van der Waals surface area (Å²) in [5, 5.41) is 121. The van der Waals surface area contributed by atoms with E-state index in [1.165, 1.54) is 6.92 Å². The SMILES string of the molecule is C[C@@H]1O[C@H](OC(=O)[C@]23CCC(C)(C)CC2C2=CC[C@@H]4[C@@]5(C)C[C@H](O)[C@H](O[C@@H]6O[C@H](CO)[C@@H](O)[C@H](O)[C@H]6O)[C@@](C)(CO)C5C(O)C[C@@]4(C)[C@]2(C)C[C@H]3O)[C@H](O)[C@H](O)[C@H]1O. The van der Waals surface area contributed by atoms with Crippen molar-refractivity contribution in [2.75, 3.05) is 13.2 Å². The summed E-state index contributed by atoms with van der Waals surface area (Å²) in [6, 6.07) is 0. The van der Waals surface area contributed by atoms with E-state index in [-0.39, 0.29) is 30.6 Å². The number of fused-ring (bicyclic) bond motifs is 7. The first kappa shape index (κ1) is 44.7. The van der Waals surface area contributed by atoms with Crippen molar-refractivity contribution in [1.29, 1.82) is 0 Å². The van der Waals surface area contributed by atoms with Crippen LogP contribution in [0.4, 0.5) is 0 Å². The highest BCUT2D eigenvalue weighted by molar-refractivity contribution is 5.80. The van der Waals surface area contributed by atoms with Crippen LogP contribution in [0.2, 0.25) is 0 Å². The van der Waals surface area contributed by atoms with Crippen molar-refractivity contribution in [2.45, 2.75) is 179 Å². The van der Waals surface area contributed by atoms with E-state index in [9.17, 15) is 61.0 Å². The molecule has 16 nitrogen and oxygen atoms in total. The predicted octanol–water partition coefficient (Wildman–Crippen LogP) is -0.771. The standard InChI is InChI=1S/C42H68O16/c1-18-26(48)28(50)30(52)34(55-18)58-36(54)42-11-10-37(2,3)12-20(42)19-8-9-24-38(4)13-22(46)33(57-35-31(53)29(51)27(49)23(16-43)56-35)39(5,17-44)32(38)21(45)14-41(24,7)40(19,6)15-25(42)47/h8,18,20-35,43-53H,9-17H2,1-7H3/t18-,20?,21?,22-,23+,24+,25+,26-,27+,28+,29-,30+,31+,32?,33-,34+,35-,38+,39-,40+,41+,42+/m0/s1. The molecule has 2 heterocycles. The van der Waals surface area contributed by atoms with Crippen molar-refractivity contribution in [3.05, 3.63) is 11.6 Å². The maximum Gasteiger partial charge on any atom is 0.317 e. The zero-order chi connectivity index (χ0) is 42.9. The van der Waals surface area contributed by atoms with Gasteiger partial charge in [0.1, 0.15) is 48.1 Å². The van der Waals surface area contributed by atoms with E-state index in [1.807, 2.05) is 6.92 Å². The Bertz CT molecular complexity index is 1590. The van der Waals surface area contributed by atoms with Gasteiger partial charge in [-0.1, -0.05) is 53.2 Å². The molecule has 0 radical (unpaired) electrons. The molecule has 0 spiro atoms. The number of rotatable bonds is 6. The predicted molar refractivity (Wildman–Crippen MR) is 202 cm³/mol. The van der Waals surface area contributed by atoms with E-state index in [0.29, 0.717) is 25.7 Å². The third-order valence-electron chi connectivity index (χ3n) is 17.2. The molecule has 6 fully saturated rings. The summed E-state index contributed by atoms with van der Waals surface area (Å²) in [5.74, 6) is -2.11. The van der Waals surface area contributed by atoms with Gasteiger partial charge in [-0.15, -0.1) is 0 Å². The van der Waals surface area contributed by atoms with Crippen molar-refractivity contribution in [3.63, 3.8) is 0 Å². The number of hydrogen-bond acceptors (Lipinski definition) is 16. The molecule has 5 aliphatic carbocycles. The van der Waals surface area contributed by atoms with E-state index >= 15 is 0 Å². The Labute approximate surface area is 339 Å². The van der Waals surface area contributed by atoms with Crippen LogP contribution in [-0.2, 0) is 23.7 Å². The Hall–Kier alpha value is -1.35. The molecule has 0 aromatic heterocycles. The van der Waals surface area contributed by atoms with Crippen LogP contribution in [0.15, 0.2) is 11.6 Å². The molecule has 7 aliphatic rings. The fraction of sp³-hybridized carbons (Fsp3) is 0.929. The summed E-state index contributed by atoms with van der Waals surface area (Å²) < 4.78 is 23.4. The normalized spacial score (nSPS) is 56.5. The van der Waals surface area contributed by atoms with Gasteiger partial charge in [-0.2, -0.15) is 0 Å². The second kappa shape index (κ2) is 14.9. The number of ether oxygens (including phenoxy) is 4. The molecule has 58 heavy (non-hydrogen) atoms. The maximum absolute atomic E-state index is 14.6. The van der Waals surface area contributed by atoms with E-state index in [2.05, 4.69) is 33.8 Å². The first-order chi connectivity index (χ1) is 26.9. The molecule has 0 bridgehead atoms. The summed E-state index contributed by atoms with van der Waals surface area (Å²) in [6.07, 6.45) is -15.2. The largest absolute Gasteiger partial charge is 0.432 e. The summed E-state index contributed by atoms with van der Waals surface area (Å²) in [6.45, 7) is 12.5. The Morgan fingerprint density at radius 1 is 0.759 bits per heavy atom. The quantitative estimate of drug-likeness (QED) is 0.0891. The molecule has 3 unspecified atom stereocenters. The third-order valence-corrected chi connectivity index (χ3v) is 17.2. The van der Waals surface area contributed by atoms with Crippen molar-refractivity contribution in [3.8, 4) is 0 Å². The highest BCUT2D eigenvalue weighted by Gasteiger charge is 2.74. The van der Waals surface area contributed by atoms with Crippen LogP contribution in [0.5, 0.6) is 0 Å². The summed E-state index contributed by atoms with van der Waals surface area (Å²) in [5.41, 5.74) is -4.29. The lowest BCUT2D eigenvalue weighted by molar-refractivity contribution is -0.351. The molecule has 2 saturated heterocycles. The molecule has 7 rings (SSSR count). The molecule has 0 aromatic carbocycles. The van der Waals surface area contributed by atoms with Crippen molar-refractivity contribution < 1.29 is 79.9 Å². The zero-order valence-electron chi connectivity index (χ0n) is 34.7. The molecule has 4 saturated carbocycles. The summed E-state index contributed by atoms with van der Waals surface area (Å²) >= 11 is 0. The highest BCUT2D eigenvalue weighted by Crippen LogP contribution is 2.76. The second-order valence-electron chi connectivity index (χ2n) is 20.9. The van der Waals surface area contributed by atoms with Gasteiger partial charge < -0.3 is 75.1 Å². The minimum absolute atomic E-state index is 0.115. The van der Waals surface area contributed by atoms with Crippen molar-refractivity contribution in [1.82, 2.24) is 0 Å². The number of allylic oxidation sites excluding steroid dienone is 2. The molecule has 0 aromatic rings. The van der Waals surface area contributed by atoms with Gasteiger partial charge in [0.2, 0.25) is 6.29 Å². The van der Waals surface area contributed by atoms with Crippen LogP contribution in [0, 0.1) is 50.2 Å². The van der Waals surface area contributed by atoms with Crippen LogP contribution in [0.3, 0.4) is 0 Å². The van der Waals surface area contributed by atoms with Crippen LogP contribution >= 0.6 is 0 Å². The summed E-state index contributed by atoms with van der Waals surface area (Å²) in [4.78, 5) is 14.6. The third kappa shape index (κ3) is 6.25. The van der Waals surface area contributed by atoms with Crippen LogP contribution in [0.25, 0.3) is 0 Å². The van der Waals surface area contributed by atoms with Crippen molar-refractivity contribution in [2.24, 2.45) is 50.2 Å². The monoisotopic (exact) mass is 828 g/mol. The highest BCUT2D eigenvalue weighted by atomic mass is 16.7. The zero-order valence-corrected chi connectivity index (χ0v) is 34.7. The van der Waals surface area contributed by atoms with E-state index in [0.717, 1.165) is 5.57 Å². The molecule has 332 valence electrons. The van der Waals surface area contributed by atoms with Crippen LogP contribution in [-0.4, -0.2) is 161 Å². The van der Waals surface area contributed by atoms with Crippen LogP contribution in [0.1, 0.15) is 93.4 Å². The average Bonchev–Trinajstić information content (AvgIpc) is 3.14. The fourth-order valence-electron chi connectivity index (χ4n) is 13.9. The minimum atomic E-state index is -1.74. The number of aliphatic hydroxyl groups is 11. The number of carbonyl (C=O) groups excluding carboxylic acids is 1. The second-order valence-corrected chi connectivity index (χ2v) is 20.9. The molecule has 16 heteroatoms. The molecular weight excluding hydrogens is 760 g/mol. The van der Waals surface area contributed by atoms with Crippen molar-refractivity contribution >= 4 is 5.97 Å². The van der Waals surface area contributed by atoms with Gasteiger partial charge in [0, 0.05) is 11.3 Å². The maximum atomic E-state index is 14.6. The lowest BCUT2D eigenvalue weighted by Gasteiger charge is -2.73. The first-order valence-corrected chi connectivity index (χ1v) is 21.1. The molecule has 22 atom stereocenters.